The van der Waals surface area contributed by atoms with Gasteiger partial charge < -0.3 is 5.73 Å². The van der Waals surface area contributed by atoms with E-state index in [0.29, 0.717) is 0 Å². The van der Waals surface area contributed by atoms with Gasteiger partial charge in [-0.3, -0.25) is 0 Å². The third-order valence-electron chi connectivity index (χ3n) is 3.39. The van der Waals surface area contributed by atoms with E-state index in [2.05, 4.69) is 0 Å². The highest BCUT2D eigenvalue weighted by molar-refractivity contribution is 5.39. The zero-order valence-electron chi connectivity index (χ0n) is 8.68. The molecule has 76 valence electrons. The summed E-state index contributed by atoms with van der Waals surface area (Å²) in [5.74, 6) is -0.160. The van der Waals surface area contributed by atoms with Crippen LogP contribution in [-0.4, -0.2) is 6.04 Å². The third-order valence-corrected chi connectivity index (χ3v) is 3.39. The van der Waals surface area contributed by atoms with E-state index in [1.807, 2.05) is 19.9 Å². The molecule has 2 N–H and O–H groups in total. The Kier molecular flexibility index (Phi) is 2.11. The van der Waals surface area contributed by atoms with Crippen molar-refractivity contribution in [1.82, 2.24) is 0 Å². The summed E-state index contributed by atoms with van der Waals surface area (Å²) in [6.45, 7) is 4.00. The Morgan fingerprint density at radius 1 is 1.43 bits per heavy atom. The molecule has 0 spiro atoms. The smallest absolute Gasteiger partial charge is 0.123 e. The standard InChI is InChI=1S/C12H16FN/c1-8-7-10(13)3-4-11(8)12(5-6-12)9(2)14/h3-4,7,9H,5-6,14H2,1-2H3. The molecule has 1 aromatic rings. The van der Waals surface area contributed by atoms with Crippen molar-refractivity contribution in [2.24, 2.45) is 5.73 Å². The number of rotatable bonds is 2. The van der Waals surface area contributed by atoms with Crippen molar-refractivity contribution in [3.8, 4) is 0 Å². The van der Waals surface area contributed by atoms with Crippen LogP contribution in [0.4, 0.5) is 4.39 Å². The maximum Gasteiger partial charge on any atom is 0.123 e. The molecule has 0 bridgehead atoms. The van der Waals surface area contributed by atoms with Crippen LogP contribution in [0.2, 0.25) is 0 Å². The predicted molar refractivity (Wildman–Crippen MR) is 55.7 cm³/mol. The topological polar surface area (TPSA) is 26.0 Å². The van der Waals surface area contributed by atoms with Gasteiger partial charge in [0.2, 0.25) is 0 Å². The fourth-order valence-corrected chi connectivity index (χ4v) is 2.29. The summed E-state index contributed by atoms with van der Waals surface area (Å²) in [6, 6.07) is 5.18. The van der Waals surface area contributed by atoms with Gasteiger partial charge in [0.1, 0.15) is 5.82 Å². The van der Waals surface area contributed by atoms with Crippen LogP contribution in [0.15, 0.2) is 18.2 Å². The lowest BCUT2D eigenvalue weighted by molar-refractivity contribution is 0.550. The molecular weight excluding hydrogens is 177 g/mol. The summed E-state index contributed by atoms with van der Waals surface area (Å²) in [6.07, 6.45) is 2.27. The van der Waals surface area contributed by atoms with E-state index < -0.39 is 0 Å². The zero-order chi connectivity index (χ0) is 10.3. The molecule has 0 radical (unpaired) electrons. The van der Waals surface area contributed by atoms with Crippen LogP contribution < -0.4 is 5.73 Å². The van der Waals surface area contributed by atoms with Crippen LogP contribution in [0.1, 0.15) is 30.9 Å². The molecule has 1 aliphatic rings. The van der Waals surface area contributed by atoms with Crippen molar-refractivity contribution in [2.45, 2.75) is 38.1 Å². The molecule has 1 aliphatic carbocycles. The first-order valence-corrected chi connectivity index (χ1v) is 5.08. The maximum atomic E-state index is 12.9. The van der Waals surface area contributed by atoms with Gasteiger partial charge >= 0.3 is 0 Å². The molecule has 1 atom stereocenters. The van der Waals surface area contributed by atoms with Gasteiger partial charge in [0.25, 0.3) is 0 Å². The lowest BCUT2D eigenvalue weighted by Gasteiger charge is -2.22. The Hall–Kier alpha value is -0.890. The number of aryl methyl sites for hydroxylation is 1. The fourth-order valence-electron chi connectivity index (χ4n) is 2.29. The van der Waals surface area contributed by atoms with Crippen LogP contribution in [0.5, 0.6) is 0 Å². The largest absolute Gasteiger partial charge is 0.327 e. The van der Waals surface area contributed by atoms with Crippen LogP contribution in [0.25, 0.3) is 0 Å². The normalized spacial score (nSPS) is 20.6. The van der Waals surface area contributed by atoms with Crippen LogP contribution in [-0.2, 0) is 5.41 Å². The van der Waals surface area contributed by atoms with Gasteiger partial charge in [-0.15, -0.1) is 0 Å². The molecule has 0 aliphatic heterocycles. The quantitative estimate of drug-likeness (QED) is 0.767. The highest BCUT2D eigenvalue weighted by Crippen LogP contribution is 2.51. The van der Waals surface area contributed by atoms with Gasteiger partial charge in [0.05, 0.1) is 0 Å². The van der Waals surface area contributed by atoms with Crippen molar-refractivity contribution in [2.75, 3.05) is 0 Å². The van der Waals surface area contributed by atoms with Crippen LogP contribution in [0.3, 0.4) is 0 Å². The summed E-state index contributed by atoms with van der Waals surface area (Å²) in [5, 5.41) is 0. The van der Waals surface area contributed by atoms with E-state index in [9.17, 15) is 4.39 Å². The molecule has 0 heterocycles. The summed E-state index contributed by atoms with van der Waals surface area (Å²) in [5.41, 5.74) is 8.37. The first-order valence-electron chi connectivity index (χ1n) is 5.08. The minimum absolute atomic E-state index is 0.137. The lowest BCUT2D eigenvalue weighted by atomic mass is 9.86. The molecule has 1 fully saturated rings. The van der Waals surface area contributed by atoms with E-state index >= 15 is 0 Å². The number of halogens is 1. The number of hydrogen-bond donors (Lipinski definition) is 1. The van der Waals surface area contributed by atoms with Crippen LogP contribution >= 0.6 is 0 Å². The molecule has 2 rings (SSSR count). The average Bonchev–Trinajstić information content (AvgIpc) is 2.84. The van der Waals surface area contributed by atoms with Crippen molar-refractivity contribution < 1.29 is 4.39 Å². The number of nitrogens with two attached hydrogens (primary N) is 1. The minimum atomic E-state index is -0.160. The fraction of sp³-hybridized carbons (Fsp3) is 0.500. The first-order chi connectivity index (χ1) is 6.56. The molecule has 1 aromatic carbocycles. The summed E-state index contributed by atoms with van der Waals surface area (Å²) >= 11 is 0. The zero-order valence-corrected chi connectivity index (χ0v) is 8.68. The monoisotopic (exact) mass is 193 g/mol. The molecule has 0 amide bonds. The van der Waals surface area contributed by atoms with E-state index in [4.69, 9.17) is 5.73 Å². The number of hydrogen-bond acceptors (Lipinski definition) is 1. The van der Waals surface area contributed by atoms with E-state index in [-0.39, 0.29) is 17.3 Å². The van der Waals surface area contributed by atoms with E-state index in [1.54, 1.807) is 6.07 Å². The second-order valence-electron chi connectivity index (χ2n) is 4.40. The summed E-state index contributed by atoms with van der Waals surface area (Å²) in [7, 11) is 0. The molecule has 2 heteroatoms. The molecule has 1 unspecified atom stereocenters. The SMILES string of the molecule is Cc1cc(F)ccc1C1(C(C)N)CC1. The van der Waals surface area contributed by atoms with E-state index in [0.717, 1.165) is 18.4 Å². The average molecular weight is 193 g/mol. The second-order valence-corrected chi connectivity index (χ2v) is 4.40. The Balaban J connectivity index is 2.42. The second kappa shape index (κ2) is 3.06. The first kappa shape index (κ1) is 9.66. The van der Waals surface area contributed by atoms with E-state index in [1.165, 1.54) is 11.6 Å². The molecule has 0 aromatic heterocycles. The van der Waals surface area contributed by atoms with Crippen molar-refractivity contribution in [3.05, 3.63) is 35.1 Å². The van der Waals surface area contributed by atoms with Crippen molar-refractivity contribution in [3.63, 3.8) is 0 Å². The maximum absolute atomic E-state index is 12.9. The Morgan fingerprint density at radius 3 is 2.50 bits per heavy atom. The van der Waals surface area contributed by atoms with Gasteiger partial charge in [-0.2, -0.15) is 0 Å². The minimum Gasteiger partial charge on any atom is -0.327 e. The third kappa shape index (κ3) is 1.34. The predicted octanol–water partition coefficient (Wildman–Crippen LogP) is 2.51. The Labute approximate surface area is 84.1 Å². The lowest BCUT2D eigenvalue weighted by Crippen LogP contribution is -2.32. The summed E-state index contributed by atoms with van der Waals surface area (Å²) in [4.78, 5) is 0. The van der Waals surface area contributed by atoms with Gasteiger partial charge in [-0.25, -0.2) is 4.39 Å². The van der Waals surface area contributed by atoms with Crippen molar-refractivity contribution in [1.29, 1.82) is 0 Å². The van der Waals surface area contributed by atoms with Crippen LogP contribution in [0, 0.1) is 12.7 Å². The van der Waals surface area contributed by atoms with Gasteiger partial charge in [-0.05, 0) is 49.9 Å². The molecule has 1 saturated carbocycles. The Bertz CT molecular complexity index is 353. The molecule has 14 heavy (non-hydrogen) atoms. The highest BCUT2D eigenvalue weighted by atomic mass is 19.1. The number of benzene rings is 1. The summed E-state index contributed by atoms with van der Waals surface area (Å²) < 4.78 is 12.9. The van der Waals surface area contributed by atoms with Gasteiger partial charge in [-0.1, -0.05) is 6.07 Å². The Morgan fingerprint density at radius 2 is 2.07 bits per heavy atom. The van der Waals surface area contributed by atoms with Gasteiger partial charge in [0, 0.05) is 11.5 Å². The molecule has 1 nitrogen and oxygen atoms in total. The highest BCUT2D eigenvalue weighted by Gasteiger charge is 2.48. The molecular formula is C12H16FN. The van der Waals surface area contributed by atoms with Gasteiger partial charge in [0.15, 0.2) is 0 Å². The molecule has 0 saturated heterocycles. The van der Waals surface area contributed by atoms with Crippen molar-refractivity contribution >= 4 is 0 Å².